The molecule has 0 aromatic carbocycles. The van der Waals surface area contributed by atoms with E-state index in [2.05, 4.69) is 29.7 Å². The Balaban J connectivity index is 2.67. The van der Waals surface area contributed by atoms with Gasteiger partial charge in [-0.3, -0.25) is 4.99 Å². The number of hydrogen-bond donors (Lipinski definition) is 4. The number of likely N-dealkylation sites (N-methyl/N-ethyl adjacent to an activating group) is 2. The van der Waals surface area contributed by atoms with Crippen LogP contribution in [-0.4, -0.2) is 62.8 Å². The Morgan fingerprint density at radius 3 is 2.70 bits per heavy atom. The summed E-state index contributed by atoms with van der Waals surface area (Å²) in [5.41, 5.74) is 7.73. The van der Waals surface area contributed by atoms with Crippen LogP contribution in [0.15, 0.2) is 40.8 Å². The number of quaternary nitrogens is 1. The highest BCUT2D eigenvalue weighted by Crippen LogP contribution is 2.05. The summed E-state index contributed by atoms with van der Waals surface area (Å²) in [7, 11) is 5.95. The number of rotatable bonds is 7. The molecule has 6 heteroatoms. The van der Waals surface area contributed by atoms with Crippen molar-refractivity contribution in [1.29, 1.82) is 0 Å². The lowest BCUT2D eigenvalue weighted by Gasteiger charge is -2.28. The third kappa shape index (κ3) is 5.07. The van der Waals surface area contributed by atoms with Gasteiger partial charge in [0.1, 0.15) is 18.1 Å². The van der Waals surface area contributed by atoms with E-state index in [0.29, 0.717) is 18.9 Å². The summed E-state index contributed by atoms with van der Waals surface area (Å²) in [5.74, 6) is 0.485. The van der Waals surface area contributed by atoms with Gasteiger partial charge in [-0.2, -0.15) is 0 Å². The van der Waals surface area contributed by atoms with E-state index in [1.165, 1.54) is 0 Å². The zero-order valence-electron chi connectivity index (χ0n) is 12.6. The minimum Gasteiger partial charge on any atom is -0.391 e. The van der Waals surface area contributed by atoms with E-state index in [-0.39, 0.29) is 6.61 Å². The largest absolute Gasteiger partial charge is 0.391 e. The summed E-state index contributed by atoms with van der Waals surface area (Å²) in [6.45, 7) is 2.34. The molecule has 0 saturated heterocycles. The number of aliphatic imine (C=N–C) groups is 1. The van der Waals surface area contributed by atoms with Gasteiger partial charge in [-0.05, 0) is 12.2 Å². The van der Waals surface area contributed by atoms with E-state index in [0.717, 1.165) is 22.4 Å². The lowest BCUT2D eigenvalue weighted by Crippen LogP contribution is -2.44. The van der Waals surface area contributed by atoms with Crippen molar-refractivity contribution in [1.82, 2.24) is 10.6 Å². The summed E-state index contributed by atoms with van der Waals surface area (Å²) in [5, 5.41) is 15.2. The van der Waals surface area contributed by atoms with Crippen molar-refractivity contribution in [2.45, 2.75) is 0 Å². The molecule has 1 aliphatic rings. The smallest absolute Gasteiger partial charge is 0.144 e. The van der Waals surface area contributed by atoms with E-state index in [1.54, 1.807) is 0 Å². The summed E-state index contributed by atoms with van der Waals surface area (Å²) in [6.07, 6.45) is 7.65. The Hall–Kier alpha value is -1.79. The van der Waals surface area contributed by atoms with Gasteiger partial charge in [-0.15, -0.1) is 0 Å². The number of aliphatic hydroxyl groups excluding tert-OH is 1. The van der Waals surface area contributed by atoms with Crippen molar-refractivity contribution in [2.75, 3.05) is 47.4 Å². The number of dihydropyridines is 1. The summed E-state index contributed by atoms with van der Waals surface area (Å²) in [6, 6.07) is 0. The number of nitrogens with zero attached hydrogens (tertiary/aromatic N) is 2. The lowest BCUT2D eigenvalue weighted by atomic mass is 10.2. The monoisotopic (exact) mass is 280 g/mol. The molecule has 112 valence electrons. The van der Waals surface area contributed by atoms with Crippen molar-refractivity contribution < 1.29 is 9.59 Å². The fraction of sp³-hybridized carbons (Fsp3) is 0.500. The SMILES string of the molecule is CN/C(C(N)=NCC[N+](C)(C)CCO)=C1\C=CC=CN1. The molecule has 1 aliphatic heterocycles. The van der Waals surface area contributed by atoms with E-state index in [9.17, 15) is 0 Å². The van der Waals surface area contributed by atoms with E-state index in [1.807, 2.05) is 31.5 Å². The van der Waals surface area contributed by atoms with Crippen molar-refractivity contribution >= 4 is 5.84 Å². The van der Waals surface area contributed by atoms with Crippen molar-refractivity contribution in [3.63, 3.8) is 0 Å². The highest BCUT2D eigenvalue weighted by molar-refractivity contribution is 5.97. The predicted molar refractivity (Wildman–Crippen MR) is 82.9 cm³/mol. The normalized spacial score (nSPS) is 17.9. The first kappa shape index (κ1) is 16.3. The molecule has 0 unspecified atom stereocenters. The van der Waals surface area contributed by atoms with Crippen LogP contribution in [0, 0.1) is 0 Å². The predicted octanol–water partition coefficient (Wildman–Crippen LogP) is -0.484. The number of amidine groups is 1. The Bertz CT molecular complexity index is 435. The molecule has 20 heavy (non-hydrogen) atoms. The van der Waals surface area contributed by atoms with Crippen LogP contribution in [0.2, 0.25) is 0 Å². The molecule has 6 nitrogen and oxygen atoms in total. The van der Waals surface area contributed by atoms with Crippen LogP contribution in [0.1, 0.15) is 0 Å². The second-order valence-electron chi connectivity index (χ2n) is 5.27. The Labute approximate surface area is 121 Å². The molecule has 0 bridgehead atoms. The Morgan fingerprint density at radius 2 is 2.15 bits per heavy atom. The third-order valence-corrected chi connectivity index (χ3v) is 3.18. The molecule has 0 amide bonds. The standard InChI is InChI=1S/C14H26N5O/c1-16-13(12-6-4-5-7-17-12)14(15)18-8-9-19(2,3)10-11-20/h4-7,16-17,20H,8-11H2,1-3H3,(H2,15,18)/q+1/b13-12+. The first-order chi connectivity index (χ1) is 9.50. The van der Waals surface area contributed by atoms with Gasteiger partial charge < -0.3 is 26.0 Å². The molecular formula is C14H26N5O+. The molecule has 0 spiro atoms. The fourth-order valence-corrected chi connectivity index (χ4v) is 1.85. The number of hydrogen-bond acceptors (Lipinski definition) is 4. The molecule has 1 heterocycles. The Morgan fingerprint density at radius 1 is 1.40 bits per heavy atom. The van der Waals surface area contributed by atoms with Gasteiger partial charge in [0.2, 0.25) is 0 Å². The molecular weight excluding hydrogens is 254 g/mol. The maximum Gasteiger partial charge on any atom is 0.144 e. The van der Waals surface area contributed by atoms with Gasteiger partial charge in [0.25, 0.3) is 0 Å². The maximum atomic E-state index is 8.99. The van der Waals surface area contributed by atoms with Crippen LogP contribution in [0.5, 0.6) is 0 Å². The van der Waals surface area contributed by atoms with Gasteiger partial charge >= 0.3 is 0 Å². The van der Waals surface area contributed by atoms with Crippen LogP contribution >= 0.6 is 0 Å². The molecule has 0 aromatic heterocycles. The van der Waals surface area contributed by atoms with Crippen molar-refractivity contribution in [3.05, 3.63) is 35.8 Å². The van der Waals surface area contributed by atoms with E-state index < -0.39 is 0 Å². The zero-order chi connectivity index (χ0) is 15.0. The van der Waals surface area contributed by atoms with Crippen molar-refractivity contribution in [3.8, 4) is 0 Å². The molecule has 0 atom stereocenters. The average Bonchev–Trinajstić information content (AvgIpc) is 2.40. The van der Waals surface area contributed by atoms with Gasteiger partial charge in [0.15, 0.2) is 0 Å². The van der Waals surface area contributed by atoms with Gasteiger partial charge in [0, 0.05) is 13.2 Å². The first-order valence-electron chi connectivity index (χ1n) is 6.75. The zero-order valence-corrected chi connectivity index (χ0v) is 12.6. The van der Waals surface area contributed by atoms with Crippen molar-refractivity contribution in [2.24, 2.45) is 10.7 Å². The minimum atomic E-state index is 0.180. The number of allylic oxidation sites excluding steroid dienone is 3. The second-order valence-corrected chi connectivity index (χ2v) is 5.27. The molecule has 0 radical (unpaired) electrons. The quantitative estimate of drug-likeness (QED) is 0.288. The number of nitrogens with one attached hydrogen (secondary N) is 2. The highest BCUT2D eigenvalue weighted by atomic mass is 16.3. The third-order valence-electron chi connectivity index (χ3n) is 3.18. The topological polar surface area (TPSA) is 82.7 Å². The molecule has 0 fully saturated rings. The molecule has 5 N–H and O–H groups in total. The fourth-order valence-electron chi connectivity index (χ4n) is 1.85. The van der Waals surface area contributed by atoms with Crippen LogP contribution in [-0.2, 0) is 0 Å². The summed E-state index contributed by atoms with van der Waals surface area (Å²) < 4.78 is 0.722. The maximum absolute atomic E-state index is 8.99. The molecule has 1 rings (SSSR count). The first-order valence-corrected chi connectivity index (χ1v) is 6.75. The summed E-state index contributed by atoms with van der Waals surface area (Å²) >= 11 is 0. The van der Waals surface area contributed by atoms with E-state index >= 15 is 0 Å². The van der Waals surface area contributed by atoms with Gasteiger partial charge in [-0.1, -0.05) is 6.08 Å². The molecule has 0 saturated carbocycles. The highest BCUT2D eigenvalue weighted by Gasteiger charge is 2.13. The van der Waals surface area contributed by atoms with Crippen LogP contribution in [0.25, 0.3) is 0 Å². The Kier molecular flexibility index (Phi) is 6.27. The van der Waals surface area contributed by atoms with E-state index in [4.69, 9.17) is 10.8 Å². The van der Waals surface area contributed by atoms with Gasteiger partial charge in [-0.25, -0.2) is 0 Å². The molecule has 0 aromatic rings. The lowest BCUT2D eigenvalue weighted by molar-refractivity contribution is -0.889. The summed E-state index contributed by atoms with van der Waals surface area (Å²) in [4.78, 5) is 4.42. The average molecular weight is 280 g/mol. The van der Waals surface area contributed by atoms with Gasteiger partial charge in [0.05, 0.1) is 39.5 Å². The second kappa shape index (κ2) is 7.72. The van der Waals surface area contributed by atoms with Crippen LogP contribution in [0.3, 0.4) is 0 Å². The number of nitrogens with two attached hydrogens (primary N) is 1. The molecule has 0 aliphatic carbocycles. The van der Waals surface area contributed by atoms with Crippen LogP contribution < -0.4 is 16.4 Å². The van der Waals surface area contributed by atoms with Crippen LogP contribution in [0.4, 0.5) is 0 Å². The minimum absolute atomic E-state index is 0.180. The number of aliphatic hydroxyl groups is 1.